The molecule has 2 unspecified atom stereocenters. The third kappa shape index (κ3) is 8.66. The minimum Gasteiger partial charge on any atom is -0.352 e. The third-order valence-electron chi connectivity index (χ3n) is 7.59. The molecule has 7 nitrogen and oxygen atoms in total. The first kappa shape index (κ1) is 34.0. The monoisotopic (exact) mass is 665 g/mol. The van der Waals surface area contributed by atoms with Crippen LogP contribution in [0.25, 0.3) is 0 Å². The van der Waals surface area contributed by atoms with Crippen molar-refractivity contribution >= 4 is 50.7 Å². The average molecular weight is 667 g/mol. The number of rotatable bonds is 13. The fraction of sp³-hybridized carbons (Fsp3) is 0.257. The number of halogens is 2. The highest BCUT2D eigenvalue weighted by Crippen LogP contribution is 2.29. The van der Waals surface area contributed by atoms with Crippen molar-refractivity contribution in [1.29, 1.82) is 0 Å². The van der Waals surface area contributed by atoms with Gasteiger partial charge in [-0.05, 0) is 62.2 Å². The van der Waals surface area contributed by atoms with Gasteiger partial charge in [0.25, 0.3) is 10.0 Å². The molecule has 0 saturated carbocycles. The van der Waals surface area contributed by atoms with Gasteiger partial charge >= 0.3 is 0 Å². The van der Waals surface area contributed by atoms with Crippen LogP contribution in [-0.4, -0.2) is 43.8 Å². The van der Waals surface area contributed by atoms with Crippen molar-refractivity contribution in [2.24, 2.45) is 0 Å². The van der Waals surface area contributed by atoms with E-state index < -0.39 is 28.5 Å². The van der Waals surface area contributed by atoms with E-state index in [1.807, 2.05) is 51.1 Å². The third-order valence-corrected chi connectivity index (χ3v) is 10.1. The van der Waals surface area contributed by atoms with Crippen molar-refractivity contribution < 1.29 is 18.0 Å². The number of amides is 2. The van der Waals surface area contributed by atoms with Crippen LogP contribution in [0.1, 0.15) is 37.0 Å². The number of aryl methyl sites for hydroxylation is 1. The Hall–Kier alpha value is -3.85. The first-order chi connectivity index (χ1) is 21.5. The van der Waals surface area contributed by atoms with Crippen LogP contribution in [0.3, 0.4) is 0 Å². The molecule has 0 fully saturated rings. The second kappa shape index (κ2) is 15.4. The van der Waals surface area contributed by atoms with Gasteiger partial charge in [-0.25, -0.2) is 8.42 Å². The molecule has 0 aliphatic heterocycles. The number of sulfonamides is 1. The summed E-state index contributed by atoms with van der Waals surface area (Å²) in [5, 5.41) is 3.67. The summed E-state index contributed by atoms with van der Waals surface area (Å²) in [5.41, 5.74) is 2.53. The summed E-state index contributed by atoms with van der Waals surface area (Å²) in [6, 6.07) is 28.1. The van der Waals surface area contributed by atoms with Gasteiger partial charge < -0.3 is 10.2 Å². The second-order valence-electron chi connectivity index (χ2n) is 10.9. The lowest BCUT2D eigenvalue weighted by molar-refractivity contribution is -0.140. The Labute approximate surface area is 275 Å². The standard InChI is InChI=1S/C35H37Cl2N3O4S/c1-4-26(3)38-35(42)33(22-27-12-7-5-8-13-27)39(23-30-31(36)16-11-17-32(30)37)34(41)24-40(28-20-18-25(2)19-21-28)45(43,44)29-14-9-6-10-15-29/h5-21,26,33H,4,22-24H2,1-3H3,(H,38,42). The molecular weight excluding hydrogens is 629 g/mol. The smallest absolute Gasteiger partial charge is 0.264 e. The fourth-order valence-corrected chi connectivity index (χ4v) is 6.76. The van der Waals surface area contributed by atoms with E-state index in [4.69, 9.17) is 23.2 Å². The molecule has 10 heteroatoms. The number of nitrogens with one attached hydrogen (secondary N) is 1. The molecule has 2 amide bonds. The van der Waals surface area contributed by atoms with Gasteiger partial charge in [-0.1, -0.05) is 102 Å². The molecule has 0 spiro atoms. The molecule has 1 N–H and O–H groups in total. The molecule has 4 rings (SSSR count). The van der Waals surface area contributed by atoms with Crippen LogP contribution in [0.2, 0.25) is 10.0 Å². The number of anilines is 1. The van der Waals surface area contributed by atoms with Crippen molar-refractivity contribution in [1.82, 2.24) is 10.2 Å². The first-order valence-electron chi connectivity index (χ1n) is 14.7. The van der Waals surface area contributed by atoms with Gasteiger partial charge in [-0.2, -0.15) is 0 Å². The molecular formula is C35H37Cl2N3O4S. The van der Waals surface area contributed by atoms with E-state index in [2.05, 4.69) is 5.32 Å². The Morgan fingerprint density at radius 1 is 0.822 bits per heavy atom. The van der Waals surface area contributed by atoms with E-state index in [1.54, 1.807) is 60.7 Å². The summed E-state index contributed by atoms with van der Waals surface area (Å²) in [5.74, 6) is -0.955. The molecule has 0 aromatic heterocycles. The predicted octanol–water partition coefficient (Wildman–Crippen LogP) is 7.05. The van der Waals surface area contributed by atoms with Crippen LogP contribution < -0.4 is 9.62 Å². The van der Waals surface area contributed by atoms with E-state index >= 15 is 0 Å². The molecule has 236 valence electrons. The molecule has 0 heterocycles. The van der Waals surface area contributed by atoms with Gasteiger partial charge in [0.1, 0.15) is 12.6 Å². The number of carbonyl (C=O) groups excluding carboxylic acids is 2. The number of benzene rings is 4. The molecule has 4 aromatic carbocycles. The largest absolute Gasteiger partial charge is 0.352 e. The molecule has 2 atom stereocenters. The van der Waals surface area contributed by atoms with Crippen molar-refractivity contribution in [3.63, 3.8) is 0 Å². The summed E-state index contributed by atoms with van der Waals surface area (Å²) >= 11 is 13.1. The number of hydrogen-bond donors (Lipinski definition) is 1. The zero-order valence-corrected chi connectivity index (χ0v) is 27.8. The maximum Gasteiger partial charge on any atom is 0.264 e. The topological polar surface area (TPSA) is 86.8 Å². The Bertz CT molecular complexity index is 1680. The van der Waals surface area contributed by atoms with Crippen LogP contribution in [-0.2, 0) is 32.6 Å². The van der Waals surface area contributed by atoms with Crippen molar-refractivity contribution in [2.45, 2.75) is 57.1 Å². The SMILES string of the molecule is CCC(C)NC(=O)C(Cc1ccccc1)N(Cc1c(Cl)cccc1Cl)C(=O)CN(c1ccc(C)cc1)S(=O)(=O)c1ccccc1. The lowest BCUT2D eigenvalue weighted by atomic mass is 10.0. The molecule has 0 saturated heterocycles. The van der Waals surface area contributed by atoms with Gasteiger partial charge in [0.05, 0.1) is 10.6 Å². The summed E-state index contributed by atoms with van der Waals surface area (Å²) in [6.45, 7) is 5.06. The molecule has 0 aliphatic rings. The van der Waals surface area contributed by atoms with Gasteiger partial charge in [-0.15, -0.1) is 0 Å². The summed E-state index contributed by atoms with van der Waals surface area (Å²) in [6.07, 6.45) is 0.873. The quantitative estimate of drug-likeness (QED) is 0.166. The van der Waals surface area contributed by atoms with Gasteiger partial charge in [0, 0.05) is 34.6 Å². The highest BCUT2D eigenvalue weighted by atomic mass is 35.5. The molecule has 4 aromatic rings. The van der Waals surface area contributed by atoms with Gasteiger partial charge in [0.2, 0.25) is 11.8 Å². The van der Waals surface area contributed by atoms with E-state index in [9.17, 15) is 18.0 Å². The average Bonchev–Trinajstić information content (AvgIpc) is 3.04. The van der Waals surface area contributed by atoms with Crippen molar-refractivity contribution in [2.75, 3.05) is 10.8 Å². The van der Waals surface area contributed by atoms with Gasteiger partial charge in [-0.3, -0.25) is 13.9 Å². The Kier molecular flexibility index (Phi) is 11.7. The maximum atomic E-state index is 14.5. The van der Waals surface area contributed by atoms with Crippen LogP contribution >= 0.6 is 23.2 Å². The zero-order chi connectivity index (χ0) is 32.6. The Morgan fingerprint density at radius 2 is 1.40 bits per heavy atom. The number of hydrogen-bond acceptors (Lipinski definition) is 4. The normalized spacial score (nSPS) is 12.6. The number of carbonyl (C=O) groups is 2. The van der Waals surface area contributed by atoms with Crippen LogP contribution in [0.5, 0.6) is 0 Å². The van der Waals surface area contributed by atoms with Crippen LogP contribution in [0.4, 0.5) is 5.69 Å². The van der Waals surface area contributed by atoms with E-state index in [0.717, 1.165) is 15.4 Å². The van der Waals surface area contributed by atoms with Crippen LogP contribution in [0.15, 0.2) is 108 Å². The van der Waals surface area contributed by atoms with Crippen molar-refractivity contribution in [3.05, 3.63) is 130 Å². The van der Waals surface area contributed by atoms with E-state index in [-0.39, 0.29) is 29.8 Å². The second-order valence-corrected chi connectivity index (χ2v) is 13.6. The maximum absolute atomic E-state index is 14.5. The lowest BCUT2D eigenvalue weighted by Gasteiger charge is -2.34. The fourth-order valence-electron chi connectivity index (χ4n) is 4.81. The highest BCUT2D eigenvalue weighted by molar-refractivity contribution is 7.92. The lowest BCUT2D eigenvalue weighted by Crippen LogP contribution is -2.54. The minimum atomic E-state index is -4.18. The molecule has 0 aliphatic carbocycles. The van der Waals surface area contributed by atoms with E-state index in [1.165, 1.54) is 17.0 Å². The van der Waals surface area contributed by atoms with E-state index in [0.29, 0.717) is 27.7 Å². The summed E-state index contributed by atoms with van der Waals surface area (Å²) in [4.78, 5) is 29.9. The Balaban J connectivity index is 1.83. The van der Waals surface area contributed by atoms with Crippen LogP contribution in [0, 0.1) is 6.92 Å². The molecule has 0 radical (unpaired) electrons. The minimum absolute atomic E-state index is 0.0365. The van der Waals surface area contributed by atoms with Crippen molar-refractivity contribution in [3.8, 4) is 0 Å². The summed E-state index contributed by atoms with van der Waals surface area (Å²) < 4.78 is 29.2. The summed E-state index contributed by atoms with van der Waals surface area (Å²) in [7, 11) is -4.18. The number of nitrogens with zero attached hydrogens (tertiary/aromatic N) is 2. The highest BCUT2D eigenvalue weighted by Gasteiger charge is 2.35. The Morgan fingerprint density at radius 3 is 1.98 bits per heavy atom. The zero-order valence-electron chi connectivity index (χ0n) is 25.5. The molecule has 45 heavy (non-hydrogen) atoms. The molecule has 0 bridgehead atoms. The first-order valence-corrected chi connectivity index (χ1v) is 16.9. The predicted molar refractivity (Wildman–Crippen MR) is 181 cm³/mol. The van der Waals surface area contributed by atoms with Gasteiger partial charge in [0.15, 0.2) is 0 Å².